The molecule has 6 atom stereocenters. The van der Waals surface area contributed by atoms with Crippen molar-refractivity contribution in [3.63, 3.8) is 0 Å². The number of fused-ring (bicyclic) bond motifs is 2. The van der Waals surface area contributed by atoms with E-state index in [4.69, 9.17) is 15.0 Å². The number of piperidine rings is 1. The zero-order valence-corrected chi connectivity index (χ0v) is 47.8. The van der Waals surface area contributed by atoms with Crippen LogP contribution in [-0.4, -0.2) is 164 Å². The maximum atomic E-state index is 14.4. The van der Waals surface area contributed by atoms with E-state index in [1.165, 1.54) is 12.8 Å². The Morgan fingerprint density at radius 2 is 1.56 bits per heavy atom. The lowest BCUT2D eigenvalue weighted by molar-refractivity contribution is -0.141. The maximum Gasteiger partial charge on any atom is 0.243 e. The second-order valence-electron chi connectivity index (χ2n) is 24.0. The quantitative estimate of drug-likeness (QED) is 0.0700. The zero-order valence-electron chi connectivity index (χ0n) is 47.0. The summed E-state index contributed by atoms with van der Waals surface area (Å²) in [5.74, 6) is 2.51. The lowest BCUT2D eigenvalue weighted by Crippen LogP contribution is -2.54. The molecule has 81 heavy (non-hydrogen) atoms. The van der Waals surface area contributed by atoms with Crippen molar-refractivity contribution in [1.82, 2.24) is 45.3 Å². The molecule has 9 heterocycles. The van der Waals surface area contributed by atoms with Crippen LogP contribution in [0, 0.1) is 24.7 Å². The van der Waals surface area contributed by atoms with Crippen molar-refractivity contribution in [1.29, 1.82) is 0 Å². The van der Waals surface area contributed by atoms with Gasteiger partial charge in [-0.15, -0.1) is 21.5 Å². The molecule has 1 saturated carbocycles. The van der Waals surface area contributed by atoms with Gasteiger partial charge in [-0.05, 0) is 119 Å². The molecule has 2 bridgehead atoms. The maximum absolute atomic E-state index is 14.4. The highest BCUT2D eigenvalue weighted by Gasteiger charge is 2.45. The van der Waals surface area contributed by atoms with Crippen LogP contribution in [0.15, 0.2) is 89.0 Å². The topological polar surface area (TPSA) is 219 Å². The summed E-state index contributed by atoms with van der Waals surface area (Å²) in [6.45, 7) is 17.6. The van der Waals surface area contributed by atoms with Crippen molar-refractivity contribution in [2.75, 3.05) is 92.4 Å². The normalized spacial score (nSPS) is 24.4. The number of aryl methyl sites for hydroxylation is 1. The number of anilines is 4. The average molecular weight is 1120 g/mol. The predicted molar refractivity (Wildman–Crippen MR) is 313 cm³/mol. The molecule has 12 rings (SSSR count). The van der Waals surface area contributed by atoms with Crippen LogP contribution < -0.4 is 30.5 Å². The first-order chi connectivity index (χ1) is 39.3. The fourth-order valence-corrected chi connectivity index (χ4v) is 14.4. The summed E-state index contributed by atoms with van der Waals surface area (Å²) in [6, 6.07) is 22.9. The van der Waals surface area contributed by atoms with E-state index >= 15 is 0 Å². The second-order valence-corrected chi connectivity index (χ2v) is 24.9. The summed E-state index contributed by atoms with van der Waals surface area (Å²) in [6.07, 6.45) is 8.16. The first-order valence-corrected chi connectivity index (χ1v) is 30.2. The number of aromatic nitrogens is 5. The molecule has 5 aliphatic heterocycles. The standard InChI is InChI=1S/C61H77N13O6S/c1-37(2)57(61(78)73-35-47(75)28-52(73)60(77)65-38(3)42-9-11-43(12-10-42)58-39(4)64-36-81-58)54-30-55(68-80-54)71-23-21-70(22-24-71)31-40-16-19-69(20-17-40)32-41-25-48(26-41)79-56-27-44(15-18-63-56)74-45-13-14-46(74)34-72(33-45)51-29-50(66-67-59(51)62)49-7-5-6-8-53(49)76/h5-12,15,18,27,29-30,36-38,40-41,45-48,52,57,75-76H,13-14,16-17,19-26,28,31-35H2,1-4H3,(H2,62,67)(H,65,77)/t38-,41?,45+,46?,47+,48?,52-,57+/m0/s1. The van der Waals surface area contributed by atoms with Gasteiger partial charge in [0, 0.05) is 107 Å². The van der Waals surface area contributed by atoms with Gasteiger partial charge in [0.25, 0.3) is 0 Å². The lowest BCUT2D eigenvalue weighted by atomic mass is 9.81. The first kappa shape index (κ1) is 54.7. The number of thiazole rings is 1. The molecular weight excluding hydrogens is 1040 g/mol. The number of pyridine rings is 1. The summed E-state index contributed by atoms with van der Waals surface area (Å²) >= 11 is 1.60. The van der Waals surface area contributed by atoms with E-state index in [0.29, 0.717) is 52.6 Å². The van der Waals surface area contributed by atoms with Crippen molar-refractivity contribution >= 4 is 46.2 Å². The van der Waals surface area contributed by atoms with Crippen molar-refractivity contribution in [3.8, 4) is 33.3 Å². The molecule has 6 aliphatic rings. The van der Waals surface area contributed by atoms with Crippen LogP contribution in [0.4, 0.5) is 23.0 Å². The molecule has 2 amide bonds. The second kappa shape index (κ2) is 23.5. The molecule has 1 unspecified atom stereocenters. The number of hydrogen-bond acceptors (Lipinski definition) is 18. The van der Waals surface area contributed by atoms with Gasteiger partial charge in [0.15, 0.2) is 17.4 Å². The number of likely N-dealkylation sites (tertiary alicyclic amines) is 2. The number of carbonyl (C=O) groups excluding carboxylic acids is 2. The summed E-state index contributed by atoms with van der Waals surface area (Å²) in [5.41, 5.74) is 14.5. The largest absolute Gasteiger partial charge is 0.507 e. The number of nitrogens with one attached hydrogen (secondary N) is 1. The fraction of sp³-hybridized carbons (Fsp3) is 0.525. The van der Waals surface area contributed by atoms with Gasteiger partial charge in [-0.1, -0.05) is 55.4 Å². The summed E-state index contributed by atoms with van der Waals surface area (Å²) in [7, 11) is 0. The molecule has 2 aromatic carbocycles. The van der Waals surface area contributed by atoms with E-state index < -0.39 is 18.1 Å². The van der Waals surface area contributed by atoms with E-state index in [0.717, 1.165) is 130 Å². The van der Waals surface area contributed by atoms with Gasteiger partial charge >= 0.3 is 0 Å². The average Bonchev–Trinajstić information content (AvgIpc) is 4.28. The Hall–Kier alpha value is -6.87. The van der Waals surface area contributed by atoms with Crippen molar-refractivity contribution in [3.05, 3.63) is 102 Å². The number of phenolic OH excluding ortho intramolecular Hbond substituents is 1. The molecule has 4 aromatic heterocycles. The first-order valence-electron chi connectivity index (χ1n) is 29.3. The molecular formula is C61H77N13O6S. The highest BCUT2D eigenvalue weighted by atomic mass is 32.1. The molecule has 0 radical (unpaired) electrons. The minimum Gasteiger partial charge on any atom is -0.507 e. The Kier molecular flexibility index (Phi) is 15.9. The van der Waals surface area contributed by atoms with Crippen LogP contribution in [0.25, 0.3) is 21.7 Å². The smallest absolute Gasteiger partial charge is 0.243 e. The molecule has 6 fully saturated rings. The molecule has 20 heteroatoms. The predicted octanol–water partition coefficient (Wildman–Crippen LogP) is 7.37. The molecule has 428 valence electrons. The number of carbonyl (C=O) groups is 2. The van der Waals surface area contributed by atoms with E-state index in [1.807, 2.05) is 87.9 Å². The van der Waals surface area contributed by atoms with Gasteiger partial charge < -0.3 is 55.0 Å². The van der Waals surface area contributed by atoms with E-state index in [-0.39, 0.29) is 48.6 Å². The minimum atomic E-state index is -0.800. The minimum absolute atomic E-state index is 0.0872. The Morgan fingerprint density at radius 1 is 0.827 bits per heavy atom. The van der Waals surface area contributed by atoms with E-state index in [1.54, 1.807) is 28.4 Å². The number of rotatable bonds is 17. The third kappa shape index (κ3) is 11.8. The molecule has 5 saturated heterocycles. The number of benzene rings is 2. The van der Waals surface area contributed by atoms with Crippen LogP contribution in [0.3, 0.4) is 0 Å². The number of β-amino-alcohol motifs (C(OH)–C–C–N with tert-alkyl or cyclic N) is 1. The fourth-order valence-electron chi connectivity index (χ4n) is 13.6. The number of amides is 2. The third-order valence-corrected chi connectivity index (χ3v) is 19.1. The number of aliphatic hydroxyl groups is 1. The summed E-state index contributed by atoms with van der Waals surface area (Å²) in [4.78, 5) is 52.3. The highest BCUT2D eigenvalue weighted by molar-refractivity contribution is 7.13. The summed E-state index contributed by atoms with van der Waals surface area (Å²) in [5, 5.41) is 37.5. The number of para-hydroxylation sites is 1. The number of piperazine rings is 2. The number of nitrogens with zero attached hydrogens (tertiary/aromatic N) is 11. The lowest BCUT2D eigenvalue weighted by Gasteiger charge is -2.43. The molecule has 1 aliphatic carbocycles. The van der Waals surface area contributed by atoms with E-state index in [9.17, 15) is 19.8 Å². The number of nitrogen functional groups attached to an aromatic ring is 1. The molecule has 0 spiro atoms. The number of aliphatic hydroxyl groups excluding tert-OH is 1. The number of aromatic hydroxyl groups is 1. The van der Waals surface area contributed by atoms with Crippen molar-refractivity contribution < 1.29 is 29.1 Å². The SMILES string of the molecule is Cc1ncsc1-c1ccc([C@H](C)NC(=O)[C@@H]2C[C@@H](O)CN2C(=O)[C@@H](c2cc(N3CCN(CC4CCN(CC5CC(Oc6cc(N7C8CC[C@@H]7CN(c7cc(-c9ccccc9O)nnc7N)C8)ccn6)C5)CC4)CC3)no2)C(C)C)cc1. The van der Waals surface area contributed by atoms with Crippen LogP contribution >= 0.6 is 11.3 Å². The van der Waals surface area contributed by atoms with Gasteiger partial charge in [-0.2, -0.15) is 0 Å². The Morgan fingerprint density at radius 3 is 2.27 bits per heavy atom. The number of ether oxygens (including phenoxy) is 1. The molecule has 19 nitrogen and oxygen atoms in total. The zero-order chi connectivity index (χ0) is 55.9. The number of nitrogens with two attached hydrogens (primary N) is 1. The van der Waals surface area contributed by atoms with Gasteiger partial charge in [0.2, 0.25) is 17.7 Å². The monoisotopic (exact) mass is 1120 g/mol. The molecule has 5 N–H and O–H groups in total. The third-order valence-electron chi connectivity index (χ3n) is 18.1. The van der Waals surface area contributed by atoms with Crippen LogP contribution in [0.1, 0.15) is 94.7 Å². The molecule has 6 aromatic rings. The van der Waals surface area contributed by atoms with Gasteiger partial charge in [0.1, 0.15) is 23.8 Å². The Labute approximate surface area is 478 Å². The highest BCUT2D eigenvalue weighted by Crippen LogP contribution is 2.41. The van der Waals surface area contributed by atoms with E-state index in [2.05, 4.69) is 67.3 Å². The number of hydrogen-bond donors (Lipinski definition) is 4. The van der Waals surface area contributed by atoms with Crippen molar-refractivity contribution in [2.24, 2.45) is 17.8 Å². The summed E-state index contributed by atoms with van der Waals surface area (Å²) < 4.78 is 12.5. The Bertz CT molecular complexity index is 3140. The van der Waals surface area contributed by atoms with Gasteiger partial charge in [-0.25, -0.2) is 9.97 Å². The number of phenols is 1. The van der Waals surface area contributed by atoms with Gasteiger partial charge in [0.05, 0.1) is 39.6 Å². The van der Waals surface area contributed by atoms with Crippen molar-refractivity contribution in [2.45, 2.75) is 115 Å². The van der Waals surface area contributed by atoms with Gasteiger partial charge in [-0.3, -0.25) is 14.5 Å². The van der Waals surface area contributed by atoms with Crippen LogP contribution in [0.5, 0.6) is 11.6 Å². The van der Waals surface area contributed by atoms with Crippen LogP contribution in [0.2, 0.25) is 0 Å². The van der Waals surface area contributed by atoms with Crippen LogP contribution in [-0.2, 0) is 9.59 Å². The Balaban J connectivity index is 0.564.